The van der Waals surface area contributed by atoms with Crippen LogP contribution in [0.4, 0.5) is 34.1 Å². The molecule has 0 aliphatic carbocycles. The standard InChI is InChI=1S/C44H26B2N2OS2/c1-3-13-27(14-4-1)47-33-19-11-22-38-41(33)45(30-18-8-9-21-37(30)49-38)31-25-32-36(26-35(31)47)48(28-15-5-2-6-16-28)34-20-12-24-40-42(34)46(32)44-43(50-40)29-17-7-10-23-39(29)51-44/h1-26H. The molecule has 8 aromatic rings. The van der Waals surface area contributed by atoms with Crippen LogP contribution in [0.15, 0.2) is 168 Å². The molecule has 0 fully saturated rings. The van der Waals surface area contributed by atoms with Gasteiger partial charge in [0.1, 0.15) is 11.5 Å². The van der Waals surface area contributed by atoms with Gasteiger partial charge in [0.05, 0.1) is 0 Å². The molecule has 0 atom stereocenters. The first kappa shape index (κ1) is 28.1. The normalized spacial score (nSPS) is 14.2. The van der Waals surface area contributed by atoms with Crippen molar-refractivity contribution in [3.63, 3.8) is 0 Å². The zero-order valence-electron chi connectivity index (χ0n) is 27.3. The second-order valence-corrected chi connectivity index (χ2v) is 15.7. The van der Waals surface area contributed by atoms with E-state index in [0.717, 1.165) is 22.9 Å². The molecule has 4 aliphatic heterocycles. The molecule has 4 aliphatic rings. The van der Waals surface area contributed by atoms with Crippen molar-refractivity contribution in [2.75, 3.05) is 9.80 Å². The van der Waals surface area contributed by atoms with Crippen LogP contribution in [-0.2, 0) is 0 Å². The lowest BCUT2D eigenvalue weighted by atomic mass is 9.32. The largest absolute Gasteiger partial charge is 0.458 e. The molecule has 1 aromatic heterocycles. The number of ether oxygens (including phenoxy) is 1. The Morgan fingerprint density at radius 3 is 1.88 bits per heavy atom. The number of hydrogen-bond donors (Lipinski definition) is 0. The highest BCUT2D eigenvalue weighted by atomic mass is 32.2. The van der Waals surface area contributed by atoms with E-state index in [-0.39, 0.29) is 13.4 Å². The summed E-state index contributed by atoms with van der Waals surface area (Å²) in [6, 6.07) is 57.7. The quantitative estimate of drug-likeness (QED) is 0.171. The van der Waals surface area contributed by atoms with Gasteiger partial charge in [0.15, 0.2) is 0 Å². The molecule has 7 heteroatoms. The first-order chi connectivity index (χ1) is 25.3. The molecule has 0 bridgehead atoms. The molecule has 0 saturated carbocycles. The summed E-state index contributed by atoms with van der Waals surface area (Å²) in [5, 5.41) is 1.36. The van der Waals surface area contributed by atoms with Gasteiger partial charge < -0.3 is 14.5 Å². The van der Waals surface area contributed by atoms with Crippen LogP contribution in [0.3, 0.4) is 0 Å². The van der Waals surface area contributed by atoms with Gasteiger partial charge in [-0.3, -0.25) is 0 Å². The van der Waals surface area contributed by atoms with Crippen molar-refractivity contribution in [1.82, 2.24) is 0 Å². The molecule has 51 heavy (non-hydrogen) atoms. The first-order valence-corrected chi connectivity index (χ1v) is 19.1. The molecule has 3 nitrogen and oxygen atoms in total. The Hall–Kier alpha value is -5.62. The third kappa shape index (κ3) is 3.82. The molecule has 12 rings (SSSR count). The van der Waals surface area contributed by atoms with Gasteiger partial charge in [-0.2, -0.15) is 0 Å². The lowest BCUT2D eigenvalue weighted by molar-refractivity contribution is 0.487. The minimum absolute atomic E-state index is 0.0306. The van der Waals surface area contributed by atoms with E-state index in [1.807, 2.05) is 23.1 Å². The molecule has 0 radical (unpaired) electrons. The van der Waals surface area contributed by atoms with Gasteiger partial charge in [0.25, 0.3) is 13.4 Å². The van der Waals surface area contributed by atoms with Crippen LogP contribution in [0.2, 0.25) is 0 Å². The molecule has 0 amide bonds. The highest BCUT2D eigenvalue weighted by Gasteiger charge is 2.47. The van der Waals surface area contributed by atoms with Crippen LogP contribution in [0.5, 0.6) is 11.5 Å². The lowest BCUT2D eigenvalue weighted by Crippen LogP contribution is -2.63. The van der Waals surface area contributed by atoms with Crippen LogP contribution in [0.1, 0.15) is 0 Å². The van der Waals surface area contributed by atoms with Gasteiger partial charge in [0, 0.05) is 54.0 Å². The van der Waals surface area contributed by atoms with Gasteiger partial charge in [-0.05, 0) is 98.8 Å². The molecule has 236 valence electrons. The SMILES string of the molecule is c1ccc(N2c3cc4c(cc3B3c5ccccc5Oc5cccc2c53)B2c3sc5ccccc5c3Sc3cccc(c32)N4c2ccccc2)cc1. The summed E-state index contributed by atoms with van der Waals surface area (Å²) in [6.45, 7) is 0.144. The predicted octanol–water partition coefficient (Wildman–Crippen LogP) is 8.07. The highest BCUT2D eigenvalue weighted by molar-refractivity contribution is 8.00. The third-order valence-corrected chi connectivity index (χ3v) is 13.5. The average Bonchev–Trinajstić information content (AvgIpc) is 3.56. The maximum atomic E-state index is 6.67. The monoisotopic (exact) mass is 684 g/mol. The number of fused-ring (bicyclic) bond motifs is 10. The number of rotatable bonds is 2. The third-order valence-electron chi connectivity index (χ3n) is 11.0. The van der Waals surface area contributed by atoms with E-state index in [2.05, 4.69) is 168 Å². The topological polar surface area (TPSA) is 15.7 Å². The predicted molar refractivity (Wildman–Crippen MR) is 218 cm³/mol. The fourth-order valence-electron chi connectivity index (χ4n) is 8.93. The van der Waals surface area contributed by atoms with Gasteiger partial charge in [-0.1, -0.05) is 103 Å². The Morgan fingerprint density at radius 2 is 1.10 bits per heavy atom. The van der Waals surface area contributed by atoms with Crippen molar-refractivity contribution >= 4 is 113 Å². The van der Waals surface area contributed by atoms with Crippen LogP contribution in [0, 0.1) is 0 Å². The molecule has 0 unspecified atom stereocenters. The number of anilines is 6. The van der Waals surface area contributed by atoms with Crippen molar-refractivity contribution in [3.8, 4) is 11.5 Å². The summed E-state index contributed by atoms with van der Waals surface area (Å²) in [7, 11) is 0. The van der Waals surface area contributed by atoms with Crippen LogP contribution < -0.4 is 46.6 Å². The number of benzene rings is 7. The van der Waals surface area contributed by atoms with E-state index >= 15 is 0 Å². The van der Waals surface area contributed by atoms with Gasteiger partial charge in [0.2, 0.25) is 0 Å². The van der Waals surface area contributed by atoms with Crippen molar-refractivity contribution in [3.05, 3.63) is 158 Å². The van der Waals surface area contributed by atoms with Crippen molar-refractivity contribution in [2.45, 2.75) is 9.79 Å². The molecule has 7 aromatic carbocycles. The van der Waals surface area contributed by atoms with Crippen LogP contribution >= 0.6 is 23.1 Å². The maximum absolute atomic E-state index is 6.67. The van der Waals surface area contributed by atoms with E-state index in [1.54, 1.807) is 0 Å². The number of para-hydroxylation sites is 3. The Bertz CT molecular complexity index is 2750. The highest BCUT2D eigenvalue weighted by Crippen LogP contribution is 2.47. The van der Waals surface area contributed by atoms with E-state index in [9.17, 15) is 0 Å². The summed E-state index contributed by atoms with van der Waals surface area (Å²) < 4.78 is 9.46. The minimum atomic E-state index is 0.0306. The Morgan fingerprint density at radius 1 is 0.471 bits per heavy atom. The van der Waals surface area contributed by atoms with Crippen molar-refractivity contribution < 1.29 is 4.74 Å². The summed E-state index contributed by atoms with van der Waals surface area (Å²) in [5.74, 6) is 1.86. The molecule has 5 heterocycles. The summed E-state index contributed by atoms with van der Waals surface area (Å²) in [4.78, 5) is 7.71. The molecule has 0 saturated heterocycles. The fourth-order valence-corrected chi connectivity index (χ4v) is 11.7. The van der Waals surface area contributed by atoms with Gasteiger partial charge in [-0.15, -0.1) is 11.3 Å². The second-order valence-electron chi connectivity index (χ2n) is 13.6. The smallest absolute Gasteiger partial charge is 0.262 e. The van der Waals surface area contributed by atoms with E-state index < -0.39 is 0 Å². The molecule has 0 N–H and O–H groups in total. The minimum Gasteiger partial charge on any atom is -0.458 e. The number of nitrogens with zero attached hydrogens (tertiary/aromatic N) is 2. The summed E-state index contributed by atoms with van der Waals surface area (Å²) in [6.07, 6.45) is 0. The average molecular weight is 684 g/mol. The van der Waals surface area contributed by atoms with Crippen LogP contribution in [-0.4, -0.2) is 13.4 Å². The zero-order chi connectivity index (χ0) is 33.2. The van der Waals surface area contributed by atoms with Gasteiger partial charge >= 0.3 is 0 Å². The first-order valence-electron chi connectivity index (χ1n) is 17.4. The van der Waals surface area contributed by atoms with E-state index in [0.29, 0.717) is 0 Å². The lowest BCUT2D eigenvalue weighted by Gasteiger charge is -2.44. The van der Waals surface area contributed by atoms with E-state index in [4.69, 9.17) is 4.74 Å². The Kier molecular flexibility index (Phi) is 5.76. The fraction of sp³-hybridized carbons (Fsp3) is 0. The maximum Gasteiger partial charge on any atom is 0.262 e. The number of thiophene rings is 1. The van der Waals surface area contributed by atoms with Crippen molar-refractivity contribution in [1.29, 1.82) is 0 Å². The number of hydrogen-bond acceptors (Lipinski definition) is 5. The van der Waals surface area contributed by atoms with Gasteiger partial charge in [-0.25, -0.2) is 0 Å². The molecular formula is C44H26B2N2OS2. The second kappa shape index (κ2) is 10.5. The van der Waals surface area contributed by atoms with Crippen LogP contribution in [0.25, 0.3) is 10.1 Å². The molecular weight excluding hydrogens is 658 g/mol. The Balaban J connectivity index is 1.22. The van der Waals surface area contributed by atoms with E-state index in [1.165, 1.54) is 74.7 Å². The summed E-state index contributed by atoms with van der Waals surface area (Å²) in [5.41, 5.74) is 13.7. The summed E-state index contributed by atoms with van der Waals surface area (Å²) >= 11 is 3.90. The van der Waals surface area contributed by atoms with Crippen molar-refractivity contribution in [2.24, 2.45) is 0 Å². The molecule has 0 spiro atoms. The Labute approximate surface area is 304 Å². The zero-order valence-corrected chi connectivity index (χ0v) is 28.9.